The van der Waals surface area contributed by atoms with Crippen LogP contribution in [0.3, 0.4) is 0 Å². The van der Waals surface area contributed by atoms with E-state index in [9.17, 15) is 18.5 Å². The molecule has 2 heterocycles. The van der Waals surface area contributed by atoms with Gasteiger partial charge in [0, 0.05) is 37.0 Å². The largest absolute Gasteiger partial charge is 0.474 e. The van der Waals surface area contributed by atoms with Crippen LogP contribution < -0.4 is 4.74 Å². The summed E-state index contributed by atoms with van der Waals surface area (Å²) in [5.41, 5.74) is 1.05. The van der Waals surface area contributed by atoms with Crippen molar-refractivity contribution in [1.82, 2.24) is 14.3 Å². The molecule has 0 spiro atoms. The van der Waals surface area contributed by atoms with Gasteiger partial charge in [0.2, 0.25) is 15.9 Å². The Morgan fingerprint density at radius 1 is 1.14 bits per heavy atom. The normalized spacial score (nSPS) is 16.1. The van der Waals surface area contributed by atoms with Crippen LogP contribution in [0.5, 0.6) is 5.88 Å². The summed E-state index contributed by atoms with van der Waals surface area (Å²) in [7, 11) is -3.81. The molecule has 1 aromatic carbocycles. The third-order valence-electron chi connectivity index (χ3n) is 4.63. The van der Waals surface area contributed by atoms with E-state index in [2.05, 4.69) is 9.97 Å². The molecule has 0 radical (unpaired) electrons. The fraction of sp³-hybridized carbons (Fsp3) is 0.444. The number of non-ortho nitro benzene ring substituents is 1. The first-order valence-corrected chi connectivity index (χ1v) is 10.3. The summed E-state index contributed by atoms with van der Waals surface area (Å²) < 4.78 is 33.2. The van der Waals surface area contributed by atoms with Crippen LogP contribution in [-0.4, -0.2) is 46.8 Å². The molecule has 1 saturated heterocycles. The zero-order chi connectivity index (χ0) is 20.5. The minimum absolute atomic E-state index is 0.0249. The van der Waals surface area contributed by atoms with Crippen molar-refractivity contribution >= 4 is 15.7 Å². The third kappa shape index (κ3) is 4.28. The van der Waals surface area contributed by atoms with Crippen LogP contribution >= 0.6 is 0 Å². The predicted octanol–water partition coefficient (Wildman–Crippen LogP) is 2.54. The quantitative estimate of drug-likeness (QED) is 0.553. The number of rotatable bonds is 5. The van der Waals surface area contributed by atoms with Gasteiger partial charge in [0.05, 0.1) is 9.82 Å². The predicted molar refractivity (Wildman–Crippen MR) is 102 cm³/mol. The van der Waals surface area contributed by atoms with Gasteiger partial charge in [-0.2, -0.15) is 9.29 Å². The van der Waals surface area contributed by atoms with E-state index in [1.54, 1.807) is 19.9 Å². The average molecular weight is 406 g/mol. The SMILES string of the molecule is Cc1cc(OC2CCN(S(=O)(=O)c3cc([N+](=O)[O-])ccc3C)CC2)nc(C)n1. The number of sulfonamides is 1. The molecule has 150 valence electrons. The lowest BCUT2D eigenvalue weighted by atomic mass is 10.1. The van der Waals surface area contributed by atoms with Gasteiger partial charge in [0.15, 0.2) is 0 Å². The fourth-order valence-corrected chi connectivity index (χ4v) is 4.94. The van der Waals surface area contributed by atoms with E-state index in [4.69, 9.17) is 4.74 Å². The van der Waals surface area contributed by atoms with Crippen molar-refractivity contribution in [2.45, 2.75) is 44.6 Å². The van der Waals surface area contributed by atoms with Crippen LogP contribution in [0, 0.1) is 30.9 Å². The zero-order valence-corrected chi connectivity index (χ0v) is 16.8. The Morgan fingerprint density at radius 3 is 2.43 bits per heavy atom. The molecule has 1 aromatic heterocycles. The highest BCUT2D eigenvalue weighted by Crippen LogP contribution is 2.27. The van der Waals surface area contributed by atoms with Gasteiger partial charge >= 0.3 is 0 Å². The molecule has 1 aliphatic heterocycles. The van der Waals surface area contributed by atoms with Gasteiger partial charge in [-0.15, -0.1) is 0 Å². The van der Waals surface area contributed by atoms with E-state index >= 15 is 0 Å². The van der Waals surface area contributed by atoms with Crippen LogP contribution in [0.15, 0.2) is 29.2 Å². The molecule has 0 aliphatic carbocycles. The summed E-state index contributed by atoms with van der Waals surface area (Å²) >= 11 is 0. The summed E-state index contributed by atoms with van der Waals surface area (Å²) in [6.45, 7) is 5.83. The average Bonchev–Trinajstić information content (AvgIpc) is 2.61. The minimum Gasteiger partial charge on any atom is -0.474 e. The highest BCUT2D eigenvalue weighted by atomic mass is 32.2. The van der Waals surface area contributed by atoms with Crippen LogP contribution in [0.4, 0.5) is 5.69 Å². The molecule has 9 nitrogen and oxygen atoms in total. The number of hydrogen-bond donors (Lipinski definition) is 0. The second kappa shape index (κ2) is 7.80. The number of aromatic nitrogens is 2. The molecule has 2 aromatic rings. The number of nitro benzene ring substituents is 1. The van der Waals surface area contributed by atoms with E-state index in [-0.39, 0.29) is 29.8 Å². The van der Waals surface area contributed by atoms with Crippen molar-refractivity contribution in [2.24, 2.45) is 0 Å². The molecule has 1 fully saturated rings. The van der Waals surface area contributed by atoms with Crippen molar-refractivity contribution in [1.29, 1.82) is 0 Å². The smallest absolute Gasteiger partial charge is 0.270 e. The van der Waals surface area contributed by atoms with Crippen LogP contribution in [0.1, 0.15) is 29.9 Å². The Balaban J connectivity index is 1.72. The van der Waals surface area contributed by atoms with Crippen LogP contribution in [0.2, 0.25) is 0 Å². The van der Waals surface area contributed by atoms with Crippen molar-refractivity contribution in [2.75, 3.05) is 13.1 Å². The van der Waals surface area contributed by atoms with Gasteiger partial charge in [-0.05, 0) is 39.2 Å². The monoisotopic (exact) mass is 406 g/mol. The number of nitro groups is 1. The molecular weight excluding hydrogens is 384 g/mol. The number of benzene rings is 1. The number of aryl methyl sites for hydroxylation is 3. The molecule has 3 rings (SSSR count). The number of ether oxygens (including phenoxy) is 1. The summed E-state index contributed by atoms with van der Waals surface area (Å²) in [5, 5.41) is 11.0. The highest BCUT2D eigenvalue weighted by Gasteiger charge is 2.32. The second-order valence-corrected chi connectivity index (χ2v) is 8.73. The minimum atomic E-state index is -3.81. The summed E-state index contributed by atoms with van der Waals surface area (Å²) in [4.78, 5) is 18.8. The van der Waals surface area contributed by atoms with E-state index in [1.807, 2.05) is 6.92 Å². The Morgan fingerprint density at radius 2 is 1.82 bits per heavy atom. The maximum atomic E-state index is 13.0. The molecule has 1 aliphatic rings. The lowest BCUT2D eigenvalue weighted by Crippen LogP contribution is -2.42. The first-order chi connectivity index (χ1) is 13.2. The van der Waals surface area contributed by atoms with Gasteiger partial charge in [0.1, 0.15) is 11.9 Å². The lowest BCUT2D eigenvalue weighted by Gasteiger charge is -2.31. The standard InChI is InChI=1S/C18H22N4O5S/c1-12-4-5-15(22(23)24)11-17(12)28(25,26)21-8-6-16(7-9-21)27-18-10-13(2)19-14(3)20-18/h4-5,10-11,16H,6-9H2,1-3H3. The Bertz CT molecular complexity index is 981. The summed E-state index contributed by atoms with van der Waals surface area (Å²) in [6.07, 6.45) is 0.872. The summed E-state index contributed by atoms with van der Waals surface area (Å²) in [6, 6.07) is 5.64. The van der Waals surface area contributed by atoms with Gasteiger partial charge < -0.3 is 4.74 Å². The Hall–Kier alpha value is -2.59. The van der Waals surface area contributed by atoms with Gasteiger partial charge in [-0.1, -0.05) is 6.07 Å². The van der Waals surface area contributed by atoms with E-state index in [0.717, 1.165) is 11.8 Å². The Labute approximate surface area is 163 Å². The van der Waals surface area contributed by atoms with Gasteiger partial charge in [-0.25, -0.2) is 13.4 Å². The van der Waals surface area contributed by atoms with Crippen molar-refractivity contribution in [3.63, 3.8) is 0 Å². The molecule has 0 amide bonds. The lowest BCUT2D eigenvalue weighted by molar-refractivity contribution is -0.385. The molecule has 0 N–H and O–H groups in total. The van der Waals surface area contributed by atoms with Gasteiger partial charge in [0.25, 0.3) is 5.69 Å². The van der Waals surface area contributed by atoms with Crippen molar-refractivity contribution in [3.8, 4) is 5.88 Å². The van der Waals surface area contributed by atoms with E-state index in [1.165, 1.54) is 16.4 Å². The summed E-state index contributed by atoms with van der Waals surface area (Å²) in [5.74, 6) is 1.11. The van der Waals surface area contributed by atoms with Crippen molar-refractivity contribution < 1.29 is 18.1 Å². The maximum absolute atomic E-state index is 13.0. The molecule has 0 atom stereocenters. The third-order valence-corrected chi connectivity index (χ3v) is 6.67. The topological polar surface area (TPSA) is 116 Å². The molecule has 0 bridgehead atoms. The molecule has 0 unspecified atom stereocenters. The number of hydrogen-bond acceptors (Lipinski definition) is 7. The zero-order valence-electron chi connectivity index (χ0n) is 16.0. The second-order valence-electron chi connectivity index (χ2n) is 6.82. The first-order valence-electron chi connectivity index (χ1n) is 8.91. The van der Waals surface area contributed by atoms with Gasteiger partial charge in [-0.3, -0.25) is 10.1 Å². The van der Waals surface area contributed by atoms with Crippen LogP contribution in [0.25, 0.3) is 0 Å². The number of piperidine rings is 1. The molecule has 0 saturated carbocycles. The van der Waals surface area contributed by atoms with E-state index in [0.29, 0.717) is 30.1 Å². The molecule has 28 heavy (non-hydrogen) atoms. The fourth-order valence-electron chi connectivity index (χ4n) is 3.22. The van der Waals surface area contributed by atoms with E-state index < -0.39 is 14.9 Å². The molecular formula is C18H22N4O5S. The van der Waals surface area contributed by atoms with Crippen LogP contribution in [-0.2, 0) is 10.0 Å². The van der Waals surface area contributed by atoms with Crippen molar-refractivity contribution in [3.05, 3.63) is 51.5 Å². The maximum Gasteiger partial charge on any atom is 0.270 e. The first kappa shape index (κ1) is 20.2. The molecule has 10 heteroatoms. The Kier molecular flexibility index (Phi) is 5.61. The number of nitrogens with zero attached hydrogens (tertiary/aromatic N) is 4. The highest BCUT2D eigenvalue weighted by molar-refractivity contribution is 7.89.